The molecule has 5 aromatic carbocycles. The van der Waals surface area contributed by atoms with Crippen molar-refractivity contribution in [3.05, 3.63) is 132 Å². The average molecular weight is 556 g/mol. The Morgan fingerprint density at radius 1 is 0.690 bits per heavy atom. The molecule has 1 heterocycles. The Hall–Kier alpha value is -5.03. The number of hydrogen-bond donors (Lipinski definition) is 2. The summed E-state index contributed by atoms with van der Waals surface area (Å²) in [5.74, 6) is 0.781. The highest BCUT2D eigenvalue weighted by molar-refractivity contribution is 6.03. The van der Waals surface area contributed by atoms with Crippen molar-refractivity contribution in [3.63, 3.8) is 0 Å². The third kappa shape index (κ3) is 6.01. The van der Waals surface area contributed by atoms with Gasteiger partial charge in [-0.1, -0.05) is 97.1 Å². The third-order valence-electron chi connectivity index (χ3n) is 7.59. The summed E-state index contributed by atoms with van der Waals surface area (Å²) in [7, 11) is 0. The monoisotopic (exact) mass is 555 g/mol. The average Bonchev–Trinajstić information content (AvgIpc) is 3.41. The predicted molar refractivity (Wildman–Crippen MR) is 169 cm³/mol. The minimum atomic E-state index is -0.950. The van der Waals surface area contributed by atoms with Crippen molar-refractivity contribution in [2.75, 3.05) is 13.2 Å². The first-order valence-electron chi connectivity index (χ1n) is 14.4. The molecule has 0 amide bonds. The Morgan fingerprint density at radius 2 is 1.40 bits per heavy atom. The quantitative estimate of drug-likeness (QED) is 0.148. The molecular formula is C37H33NO4. The molecule has 5 nitrogen and oxygen atoms in total. The number of carboxylic acids is 1. The van der Waals surface area contributed by atoms with Crippen LogP contribution < -0.4 is 9.47 Å². The van der Waals surface area contributed by atoms with Crippen molar-refractivity contribution in [2.24, 2.45) is 0 Å². The van der Waals surface area contributed by atoms with Crippen molar-refractivity contribution < 1.29 is 19.4 Å². The largest absolute Gasteiger partial charge is 0.494 e. The van der Waals surface area contributed by atoms with E-state index in [9.17, 15) is 9.90 Å². The van der Waals surface area contributed by atoms with Gasteiger partial charge in [-0.05, 0) is 66.0 Å². The van der Waals surface area contributed by atoms with E-state index in [1.165, 1.54) is 5.56 Å². The van der Waals surface area contributed by atoms with Crippen molar-refractivity contribution in [1.82, 2.24) is 4.98 Å². The maximum Gasteiger partial charge on any atom is 0.352 e. The van der Waals surface area contributed by atoms with Crippen LogP contribution >= 0.6 is 0 Å². The van der Waals surface area contributed by atoms with Crippen molar-refractivity contribution in [3.8, 4) is 22.6 Å². The molecule has 0 saturated heterocycles. The number of rotatable bonds is 12. The van der Waals surface area contributed by atoms with Crippen LogP contribution in [0.2, 0.25) is 0 Å². The van der Waals surface area contributed by atoms with Crippen LogP contribution in [0.4, 0.5) is 0 Å². The second-order valence-electron chi connectivity index (χ2n) is 10.4. The van der Waals surface area contributed by atoms with Crippen LogP contribution in [0.1, 0.15) is 34.5 Å². The van der Waals surface area contributed by atoms with E-state index in [-0.39, 0.29) is 5.69 Å². The summed E-state index contributed by atoms with van der Waals surface area (Å²) in [4.78, 5) is 15.5. The van der Waals surface area contributed by atoms with Crippen LogP contribution in [-0.4, -0.2) is 29.3 Å². The molecule has 0 spiro atoms. The third-order valence-corrected chi connectivity index (χ3v) is 7.59. The number of aryl methyl sites for hydroxylation is 2. The van der Waals surface area contributed by atoms with Crippen LogP contribution in [0.25, 0.3) is 32.8 Å². The van der Waals surface area contributed by atoms with Gasteiger partial charge in [0.15, 0.2) is 0 Å². The molecule has 6 rings (SSSR count). The van der Waals surface area contributed by atoms with Crippen LogP contribution in [0, 0.1) is 0 Å². The molecule has 1 aromatic heterocycles. The number of ether oxygens (including phenoxy) is 2. The Morgan fingerprint density at radius 3 is 2.29 bits per heavy atom. The van der Waals surface area contributed by atoms with Gasteiger partial charge in [0, 0.05) is 16.3 Å². The number of benzene rings is 5. The lowest BCUT2D eigenvalue weighted by atomic mass is 9.97. The zero-order chi connectivity index (χ0) is 28.7. The fourth-order valence-corrected chi connectivity index (χ4v) is 5.59. The lowest BCUT2D eigenvalue weighted by Crippen LogP contribution is -2.04. The van der Waals surface area contributed by atoms with E-state index < -0.39 is 5.97 Å². The number of carboxylic acid groups (broad SMARTS) is 1. The smallest absolute Gasteiger partial charge is 0.352 e. The number of hydrogen-bond acceptors (Lipinski definition) is 3. The number of fused-ring (bicyclic) bond motifs is 2. The van der Waals surface area contributed by atoms with Crippen molar-refractivity contribution in [2.45, 2.75) is 25.7 Å². The zero-order valence-corrected chi connectivity index (χ0v) is 23.4. The summed E-state index contributed by atoms with van der Waals surface area (Å²) in [5.41, 5.74) is 5.19. The molecule has 0 saturated carbocycles. The molecule has 0 radical (unpaired) electrons. The lowest BCUT2D eigenvalue weighted by Gasteiger charge is -2.10. The second kappa shape index (κ2) is 12.6. The molecule has 0 unspecified atom stereocenters. The molecule has 0 aliphatic carbocycles. The molecule has 2 N–H and O–H groups in total. The molecule has 42 heavy (non-hydrogen) atoms. The fourth-order valence-electron chi connectivity index (χ4n) is 5.59. The summed E-state index contributed by atoms with van der Waals surface area (Å²) in [5, 5.41) is 13.2. The van der Waals surface area contributed by atoms with Gasteiger partial charge in [-0.2, -0.15) is 0 Å². The molecule has 0 atom stereocenters. The summed E-state index contributed by atoms with van der Waals surface area (Å²) in [6.45, 7) is 1.14. The van der Waals surface area contributed by atoms with Gasteiger partial charge in [-0.3, -0.25) is 0 Å². The number of H-pyrrole nitrogens is 1. The first kappa shape index (κ1) is 27.2. The van der Waals surface area contributed by atoms with Gasteiger partial charge in [-0.15, -0.1) is 0 Å². The highest BCUT2D eigenvalue weighted by atomic mass is 16.5. The van der Waals surface area contributed by atoms with Gasteiger partial charge < -0.3 is 19.6 Å². The molecule has 0 fully saturated rings. The molecule has 5 heteroatoms. The Balaban J connectivity index is 1.17. The zero-order valence-electron chi connectivity index (χ0n) is 23.4. The fraction of sp³-hybridized carbons (Fsp3) is 0.162. The topological polar surface area (TPSA) is 71.5 Å². The van der Waals surface area contributed by atoms with Crippen LogP contribution in [0.5, 0.6) is 11.5 Å². The lowest BCUT2D eigenvalue weighted by molar-refractivity contribution is 0.0690. The molecular weight excluding hydrogens is 522 g/mol. The van der Waals surface area contributed by atoms with Gasteiger partial charge in [-0.25, -0.2) is 4.79 Å². The van der Waals surface area contributed by atoms with E-state index in [1.807, 2.05) is 66.7 Å². The van der Waals surface area contributed by atoms with Crippen molar-refractivity contribution in [1.29, 1.82) is 0 Å². The number of para-hydroxylation sites is 2. The van der Waals surface area contributed by atoms with Gasteiger partial charge in [0.2, 0.25) is 0 Å². The number of aromatic nitrogens is 1. The predicted octanol–water partition coefficient (Wildman–Crippen LogP) is 8.71. The first-order chi connectivity index (χ1) is 20.7. The SMILES string of the molecule is O=C(O)c1[nH]c2c(-c3cccc(CCCOc4ccccc4)c3)cccc2c1CCCOc1cccc2ccccc12. The van der Waals surface area contributed by atoms with Crippen LogP contribution in [-0.2, 0) is 12.8 Å². The van der Waals surface area contributed by atoms with E-state index in [2.05, 4.69) is 53.5 Å². The minimum Gasteiger partial charge on any atom is -0.494 e. The van der Waals surface area contributed by atoms with E-state index in [4.69, 9.17) is 9.47 Å². The van der Waals surface area contributed by atoms with Gasteiger partial charge >= 0.3 is 5.97 Å². The molecule has 0 aliphatic heterocycles. The summed E-state index contributed by atoms with van der Waals surface area (Å²) in [6.07, 6.45) is 3.08. The summed E-state index contributed by atoms with van der Waals surface area (Å²) in [6, 6.07) is 38.6. The first-order valence-corrected chi connectivity index (χ1v) is 14.4. The van der Waals surface area contributed by atoms with Crippen LogP contribution in [0.3, 0.4) is 0 Å². The molecule has 0 bridgehead atoms. The van der Waals surface area contributed by atoms with Gasteiger partial charge in [0.05, 0.1) is 18.7 Å². The number of nitrogens with one attached hydrogen (secondary N) is 1. The summed E-state index contributed by atoms with van der Waals surface area (Å²) >= 11 is 0. The maximum atomic E-state index is 12.3. The highest BCUT2D eigenvalue weighted by Crippen LogP contribution is 2.33. The van der Waals surface area contributed by atoms with E-state index in [1.54, 1.807) is 0 Å². The highest BCUT2D eigenvalue weighted by Gasteiger charge is 2.19. The van der Waals surface area contributed by atoms with Gasteiger partial charge in [0.25, 0.3) is 0 Å². The van der Waals surface area contributed by atoms with Gasteiger partial charge in [0.1, 0.15) is 17.2 Å². The van der Waals surface area contributed by atoms with E-state index >= 15 is 0 Å². The second-order valence-corrected chi connectivity index (χ2v) is 10.4. The molecule has 6 aromatic rings. The standard InChI is InChI=1S/C37H33NO4/c39-37(40)36-33(21-10-24-42-34-22-7-14-27-13-4-5-18-30(27)34)32-20-8-19-31(35(32)38-36)28-15-6-11-26(25-28)12-9-23-41-29-16-2-1-3-17-29/h1-8,11,13-20,22,25,38H,9-10,12,21,23-24H2,(H,39,40). The number of aromatic amines is 1. The normalized spacial score (nSPS) is 11.1. The van der Waals surface area contributed by atoms with Crippen LogP contribution in [0.15, 0.2) is 115 Å². The molecule has 0 aliphatic rings. The Bertz CT molecular complexity index is 1820. The van der Waals surface area contributed by atoms with E-state index in [0.717, 1.165) is 62.7 Å². The maximum absolute atomic E-state index is 12.3. The molecule has 210 valence electrons. The summed E-state index contributed by atoms with van der Waals surface area (Å²) < 4.78 is 12.0. The Kier molecular flexibility index (Phi) is 8.18. The Labute approximate surface area is 245 Å². The van der Waals surface area contributed by atoms with E-state index in [0.29, 0.717) is 26.1 Å². The van der Waals surface area contributed by atoms with Crippen molar-refractivity contribution >= 4 is 27.6 Å². The number of aromatic carboxylic acids is 1. The minimum absolute atomic E-state index is 0.247. The number of carbonyl (C=O) groups is 1.